The van der Waals surface area contributed by atoms with Crippen LogP contribution in [0.5, 0.6) is 0 Å². The maximum atomic E-state index is 11.2. The van der Waals surface area contributed by atoms with E-state index in [4.69, 9.17) is 0 Å². The van der Waals surface area contributed by atoms with Gasteiger partial charge in [0.05, 0.1) is 18.4 Å². The second-order valence-electron chi connectivity index (χ2n) is 5.66. The Morgan fingerprint density at radius 2 is 1.72 bits per heavy atom. The van der Waals surface area contributed by atoms with Gasteiger partial charge in [0.15, 0.2) is 0 Å². The van der Waals surface area contributed by atoms with Crippen LogP contribution in [0.4, 0.5) is 0 Å². The number of β-amino-alcohol motifs (C(OH)–C–C–N with tert-alkyl or cyclic N) is 1. The van der Waals surface area contributed by atoms with E-state index >= 15 is 0 Å². The third kappa shape index (κ3) is 3.91. The van der Waals surface area contributed by atoms with E-state index in [2.05, 4.69) is 9.62 Å². The van der Waals surface area contributed by atoms with Gasteiger partial charge in [0, 0.05) is 19.1 Å². The fraction of sp³-hybridized carbons (Fsp3) is 1.00. The summed E-state index contributed by atoms with van der Waals surface area (Å²) in [4.78, 5) is 2.26. The van der Waals surface area contributed by atoms with Gasteiger partial charge in [-0.25, -0.2) is 13.1 Å². The number of hydrogen-bond acceptors (Lipinski definition) is 4. The predicted molar refractivity (Wildman–Crippen MR) is 70.8 cm³/mol. The lowest BCUT2D eigenvalue weighted by molar-refractivity contribution is 0.145. The van der Waals surface area contributed by atoms with Crippen molar-refractivity contribution >= 4 is 10.0 Å². The molecule has 1 aliphatic heterocycles. The molecule has 5 nitrogen and oxygen atoms in total. The van der Waals surface area contributed by atoms with Crippen molar-refractivity contribution < 1.29 is 13.5 Å². The topological polar surface area (TPSA) is 69.6 Å². The number of aliphatic hydroxyl groups excluding tert-OH is 1. The van der Waals surface area contributed by atoms with Gasteiger partial charge in [0.25, 0.3) is 0 Å². The van der Waals surface area contributed by atoms with Crippen molar-refractivity contribution in [1.82, 2.24) is 9.62 Å². The minimum atomic E-state index is -3.24. The van der Waals surface area contributed by atoms with Crippen LogP contribution in [0.3, 0.4) is 0 Å². The van der Waals surface area contributed by atoms with Crippen molar-refractivity contribution in [3.8, 4) is 0 Å². The van der Waals surface area contributed by atoms with Crippen LogP contribution in [0.15, 0.2) is 0 Å². The summed E-state index contributed by atoms with van der Waals surface area (Å²) in [6, 6.07) is 0.178. The Bertz CT molecular complexity index is 364. The molecule has 0 unspecified atom stereocenters. The average molecular weight is 276 g/mol. The largest absolute Gasteiger partial charge is 0.390 e. The first-order valence-electron chi connectivity index (χ1n) is 6.85. The second kappa shape index (κ2) is 5.86. The summed E-state index contributed by atoms with van der Waals surface area (Å²) in [6.07, 6.45) is 8.03. The molecule has 0 aromatic rings. The number of rotatable bonds is 3. The van der Waals surface area contributed by atoms with E-state index in [9.17, 15) is 13.5 Å². The normalized spacial score (nSPS) is 32.6. The first-order valence-corrected chi connectivity index (χ1v) is 8.74. The highest BCUT2D eigenvalue weighted by atomic mass is 32.2. The molecular formula is C12H24N2O3S. The smallest absolute Gasteiger partial charge is 0.209 e. The zero-order valence-corrected chi connectivity index (χ0v) is 11.8. The fourth-order valence-electron chi connectivity index (χ4n) is 3.13. The van der Waals surface area contributed by atoms with Crippen LogP contribution >= 0.6 is 0 Å². The Kier molecular flexibility index (Phi) is 4.64. The van der Waals surface area contributed by atoms with Crippen molar-refractivity contribution in [2.75, 3.05) is 19.3 Å². The zero-order valence-electron chi connectivity index (χ0n) is 11.0. The number of hydrogen-bond donors (Lipinski definition) is 2. The minimum absolute atomic E-state index is 0.344. The molecular weight excluding hydrogens is 252 g/mol. The zero-order chi connectivity index (χ0) is 13.2. The highest BCUT2D eigenvalue weighted by molar-refractivity contribution is 7.88. The van der Waals surface area contributed by atoms with E-state index in [-0.39, 0.29) is 6.04 Å². The third-order valence-electron chi connectivity index (χ3n) is 4.02. The molecule has 2 N–H and O–H groups in total. The summed E-state index contributed by atoms with van der Waals surface area (Å²) in [5.74, 6) is 0. The second-order valence-corrected chi connectivity index (χ2v) is 7.44. The van der Waals surface area contributed by atoms with Gasteiger partial charge in [-0.3, -0.25) is 4.90 Å². The Balaban J connectivity index is 1.92. The van der Waals surface area contributed by atoms with Gasteiger partial charge >= 0.3 is 0 Å². The number of nitrogens with zero attached hydrogens (tertiary/aromatic N) is 1. The van der Waals surface area contributed by atoms with E-state index in [0.717, 1.165) is 6.26 Å². The van der Waals surface area contributed by atoms with Crippen molar-refractivity contribution in [2.45, 2.75) is 56.7 Å². The van der Waals surface area contributed by atoms with Crippen molar-refractivity contribution in [2.24, 2.45) is 0 Å². The summed E-state index contributed by atoms with van der Waals surface area (Å²) in [6.45, 7) is 1.23. The van der Waals surface area contributed by atoms with Gasteiger partial charge in [-0.05, 0) is 12.8 Å². The van der Waals surface area contributed by atoms with Crippen molar-refractivity contribution in [3.63, 3.8) is 0 Å². The van der Waals surface area contributed by atoms with Gasteiger partial charge in [-0.15, -0.1) is 0 Å². The molecule has 0 aromatic carbocycles. The molecule has 0 radical (unpaired) electrons. The van der Waals surface area contributed by atoms with Crippen LogP contribution in [0.2, 0.25) is 0 Å². The molecule has 0 amide bonds. The third-order valence-corrected chi connectivity index (χ3v) is 4.75. The number of likely N-dealkylation sites (tertiary alicyclic amines) is 1. The minimum Gasteiger partial charge on any atom is -0.390 e. The van der Waals surface area contributed by atoms with Crippen LogP contribution in [0.1, 0.15) is 38.5 Å². The standard InChI is InChI=1S/C12H24N2O3S/c1-18(16,17)13-11-8-14(9-12(11)15)10-6-4-2-3-5-7-10/h10-13,15H,2-9H2,1H3/t11-,12-/m1/s1. The first-order chi connectivity index (χ1) is 8.46. The molecule has 18 heavy (non-hydrogen) atoms. The Labute approximate surface area is 110 Å². The van der Waals surface area contributed by atoms with E-state index in [1.807, 2.05) is 0 Å². The van der Waals surface area contributed by atoms with Crippen LogP contribution < -0.4 is 4.72 Å². The number of nitrogens with one attached hydrogen (secondary N) is 1. The Morgan fingerprint density at radius 3 is 2.28 bits per heavy atom. The molecule has 1 saturated heterocycles. The van der Waals surface area contributed by atoms with Crippen LogP contribution in [-0.2, 0) is 10.0 Å². The molecule has 0 aromatic heterocycles. The number of aliphatic hydroxyl groups is 1. The molecule has 0 spiro atoms. The highest BCUT2D eigenvalue weighted by Crippen LogP contribution is 2.25. The van der Waals surface area contributed by atoms with Gasteiger partial charge < -0.3 is 5.11 Å². The van der Waals surface area contributed by atoms with Crippen molar-refractivity contribution in [1.29, 1.82) is 0 Å². The van der Waals surface area contributed by atoms with E-state index in [1.165, 1.54) is 38.5 Å². The summed E-state index contributed by atoms with van der Waals surface area (Å²) >= 11 is 0. The molecule has 1 saturated carbocycles. The molecule has 1 aliphatic carbocycles. The quantitative estimate of drug-likeness (QED) is 0.728. The van der Waals surface area contributed by atoms with Crippen LogP contribution in [0.25, 0.3) is 0 Å². The highest BCUT2D eigenvalue weighted by Gasteiger charge is 2.36. The Hall–Kier alpha value is -0.170. The monoisotopic (exact) mass is 276 g/mol. The summed E-state index contributed by atoms with van der Waals surface area (Å²) in [5, 5.41) is 9.96. The van der Waals surface area contributed by atoms with E-state index < -0.39 is 16.1 Å². The maximum absolute atomic E-state index is 11.2. The Morgan fingerprint density at radius 1 is 1.11 bits per heavy atom. The maximum Gasteiger partial charge on any atom is 0.209 e. The number of sulfonamides is 1. The lowest BCUT2D eigenvalue weighted by Crippen LogP contribution is -2.42. The van der Waals surface area contributed by atoms with Crippen LogP contribution in [-0.4, -0.2) is 56.0 Å². The van der Waals surface area contributed by atoms with Gasteiger partial charge in [-0.2, -0.15) is 0 Å². The summed E-state index contributed by atoms with van der Waals surface area (Å²) in [7, 11) is -3.24. The SMILES string of the molecule is CS(=O)(=O)N[C@@H]1CN(C2CCCCCC2)C[C@H]1O. The molecule has 106 valence electrons. The molecule has 2 atom stereocenters. The van der Waals surface area contributed by atoms with Gasteiger partial charge in [-0.1, -0.05) is 25.7 Å². The summed E-state index contributed by atoms with van der Waals surface area (Å²) in [5.41, 5.74) is 0. The molecule has 1 heterocycles. The average Bonchev–Trinajstić information content (AvgIpc) is 2.53. The summed E-state index contributed by atoms with van der Waals surface area (Å²) < 4.78 is 25.0. The van der Waals surface area contributed by atoms with E-state index in [0.29, 0.717) is 19.1 Å². The lowest BCUT2D eigenvalue weighted by atomic mass is 10.1. The van der Waals surface area contributed by atoms with Crippen molar-refractivity contribution in [3.05, 3.63) is 0 Å². The van der Waals surface area contributed by atoms with Gasteiger partial charge in [0.2, 0.25) is 10.0 Å². The lowest BCUT2D eigenvalue weighted by Gasteiger charge is -2.26. The predicted octanol–water partition coefficient (Wildman–Crippen LogP) is 0.304. The molecule has 2 fully saturated rings. The van der Waals surface area contributed by atoms with Gasteiger partial charge in [0.1, 0.15) is 0 Å². The molecule has 0 bridgehead atoms. The van der Waals surface area contributed by atoms with E-state index in [1.54, 1.807) is 0 Å². The molecule has 2 aliphatic rings. The first kappa shape index (κ1) is 14.2. The molecule has 2 rings (SSSR count). The molecule has 6 heteroatoms. The van der Waals surface area contributed by atoms with Crippen LogP contribution in [0, 0.1) is 0 Å². The fourth-order valence-corrected chi connectivity index (χ4v) is 3.91.